The van der Waals surface area contributed by atoms with Crippen molar-refractivity contribution in [1.82, 2.24) is 14.8 Å². The van der Waals surface area contributed by atoms with Crippen LogP contribution in [0.15, 0.2) is 18.3 Å². The molecule has 0 bridgehead atoms. The van der Waals surface area contributed by atoms with Gasteiger partial charge in [0.25, 0.3) is 0 Å². The topological polar surface area (TPSA) is 77.2 Å². The Morgan fingerprint density at radius 1 is 1.35 bits per heavy atom. The van der Waals surface area contributed by atoms with E-state index in [4.69, 9.17) is 9.84 Å². The lowest BCUT2D eigenvalue weighted by Crippen LogP contribution is -2.23. The third kappa shape index (κ3) is 2.33. The number of fused-ring (bicyclic) bond motifs is 1. The number of carboxylic acids is 1. The van der Waals surface area contributed by atoms with E-state index in [0.29, 0.717) is 24.4 Å². The molecule has 6 heteroatoms. The molecule has 1 N–H and O–H groups in total. The molecule has 2 aromatic heterocycles. The summed E-state index contributed by atoms with van der Waals surface area (Å²) in [5.41, 5.74) is 0.671. The molecule has 0 radical (unpaired) electrons. The summed E-state index contributed by atoms with van der Waals surface area (Å²) in [6.07, 6.45) is 5.11. The maximum Gasteiger partial charge on any atom is 0.306 e. The number of carbonyl (C=O) groups is 1. The molecule has 0 atom stereocenters. The van der Waals surface area contributed by atoms with Crippen molar-refractivity contribution in [2.45, 2.75) is 31.7 Å². The van der Waals surface area contributed by atoms with Gasteiger partial charge in [0.05, 0.1) is 19.1 Å². The van der Waals surface area contributed by atoms with Gasteiger partial charge in [-0.3, -0.25) is 9.48 Å². The summed E-state index contributed by atoms with van der Waals surface area (Å²) in [4.78, 5) is 15.3. The van der Waals surface area contributed by atoms with Gasteiger partial charge in [-0.15, -0.1) is 0 Å². The SMILES string of the molecule is COc1ccc2cn(C3CCC(C(=O)O)CC3)nc2n1. The maximum atomic E-state index is 11.0. The van der Waals surface area contributed by atoms with E-state index in [1.165, 1.54) is 0 Å². The molecule has 20 heavy (non-hydrogen) atoms. The Bertz CT molecular complexity index is 630. The van der Waals surface area contributed by atoms with E-state index in [-0.39, 0.29) is 12.0 Å². The predicted molar refractivity (Wildman–Crippen MR) is 72.7 cm³/mol. The lowest BCUT2D eigenvalue weighted by atomic mass is 9.86. The number of nitrogens with zero attached hydrogens (tertiary/aromatic N) is 3. The Hall–Kier alpha value is -2.11. The Labute approximate surface area is 116 Å². The summed E-state index contributed by atoms with van der Waals surface area (Å²) in [6.45, 7) is 0. The van der Waals surface area contributed by atoms with Crippen LogP contribution in [0, 0.1) is 5.92 Å². The Morgan fingerprint density at radius 3 is 2.75 bits per heavy atom. The van der Waals surface area contributed by atoms with Crippen molar-refractivity contribution in [2.24, 2.45) is 5.92 Å². The number of hydrogen-bond donors (Lipinski definition) is 1. The van der Waals surface area contributed by atoms with Crippen LogP contribution in [0.4, 0.5) is 0 Å². The number of pyridine rings is 1. The van der Waals surface area contributed by atoms with Crippen molar-refractivity contribution in [3.63, 3.8) is 0 Å². The van der Waals surface area contributed by atoms with Crippen LogP contribution < -0.4 is 4.74 Å². The molecule has 0 amide bonds. The van der Waals surface area contributed by atoms with Crippen LogP contribution >= 0.6 is 0 Å². The molecule has 1 fully saturated rings. The Balaban J connectivity index is 1.79. The number of methoxy groups -OCH3 is 1. The average molecular weight is 275 g/mol. The van der Waals surface area contributed by atoms with Gasteiger partial charge in [-0.05, 0) is 31.7 Å². The summed E-state index contributed by atoms with van der Waals surface area (Å²) in [6, 6.07) is 4.02. The van der Waals surface area contributed by atoms with Crippen molar-refractivity contribution in [3.8, 4) is 5.88 Å². The highest BCUT2D eigenvalue weighted by Gasteiger charge is 2.27. The molecule has 1 aliphatic rings. The smallest absolute Gasteiger partial charge is 0.306 e. The second-order valence-corrected chi connectivity index (χ2v) is 5.22. The fourth-order valence-electron chi connectivity index (χ4n) is 2.79. The van der Waals surface area contributed by atoms with E-state index in [0.717, 1.165) is 18.2 Å². The summed E-state index contributed by atoms with van der Waals surface area (Å²) < 4.78 is 7.02. The molecule has 1 aliphatic carbocycles. The summed E-state index contributed by atoms with van der Waals surface area (Å²) >= 11 is 0. The largest absolute Gasteiger partial charge is 0.481 e. The van der Waals surface area contributed by atoms with E-state index in [1.54, 1.807) is 7.11 Å². The molecule has 6 nitrogen and oxygen atoms in total. The first-order valence-corrected chi connectivity index (χ1v) is 6.80. The van der Waals surface area contributed by atoms with Crippen LogP contribution in [0.2, 0.25) is 0 Å². The fraction of sp³-hybridized carbons (Fsp3) is 0.500. The number of aromatic nitrogens is 3. The molecular weight excluding hydrogens is 258 g/mol. The van der Waals surface area contributed by atoms with E-state index < -0.39 is 5.97 Å². The zero-order valence-corrected chi connectivity index (χ0v) is 11.3. The first kappa shape index (κ1) is 12.9. The minimum atomic E-state index is -0.680. The Kier molecular flexibility index (Phi) is 3.30. The van der Waals surface area contributed by atoms with Crippen LogP contribution in [0.5, 0.6) is 5.88 Å². The molecule has 0 aliphatic heterocycles. The highest BCUT2D eigenvalue weighted by Crippen LogP contribution is 2.32. The van der Waals surface area contributed by atoms with Gasteiger partial charge in [0.15, 0.2) is 5.65 Å². The minimum absolute atomic E-state index is 0.200. The van der Waals surface area contributed by atoms with Gasteiger partial charge in [0.2, 0.25) is 5.88 Å². The van der Waals surface area contributed by atoms with Gasteiger partial charge in [-0.2, -0.15) is 10.1 Å². The van der Waals surface area contributed by atoms with Crippen LogP contribution in [0.3, 0.4) is 0 Å². The molecule has 0 unspecified atom stereocenters. The van der Waals surface area contributed by atoms with E-state index >= 15 is 0 Å². The first-order valence-electron chi connectivity index (χ1n) is 6.80. The molecule has 0 spiro atoms. The molecule has 1 saturated carbocycles. The zero-order valence-electron chi connectivity index (χ0n) is 11.3. The third-order valence-corrected chi connectivity index (χ3v) is 3.99. The number of ether oxygens (including phenoxy) is 1. The molecule has 2 aromatic rings. The van der Waals surface area contributed by atoms with Crippen LogP contribution in [0.25, 0.3) is 11.0 Å². The molecule has 106 valence electrons. The second-order valence-electron chi connectivity index (χ2n) is 5.22. The standard InChI is InChI=1S/C14H17N3O3/c1-20-12-7-4-10-8-17(16-13(10)15-12)11-5-2-9(3-6-11)14(18)19/h4,7-9,11H,2-3,5-6H2,1H3,(H,18,19). The minimum Gasteiger partial charge on any atom is -0.481 e. The van der Waals surface area contributed by atoms with Crippen molar-refractivity contribution >= 4 is 17.0 Å². The van der Waals surface area contributed by atoms with Crippen molar-refractivity contribution in [3.05, 3.63) is 18.3 Å². The van der Waals surface area contributed by atoms with Gasteiger partial charge in [0, 0.05) is 17.6 Å². The molecule has 0 aromatic carbocycles. The van der Waals surface area contributed by atoms with Gasteiger partial charge >= 0.3 is 5.97 Å². The highest BCUT2D eigenvalue weighted by atomic mass is 16.5. The molecule has 3 rings (SSSR count). The van der Waals surface area contributed by atoms with Gasteiger partial charge < -0.3 is 9.84 Å². The maximum absolute atomic E-state index is 11.0. The van der Waals surface area contributed by atoms with E-state index in [2.05, 4.69) is 10.1 Å². The fourth-order valence-corrected chi connectivity index (χ4v) is 2.79. The second kappa shape index (κ2) is 5.11. The molecule has 0 saturated heterocycles. The first-order chi connectivity index (χ1) is 9.67. The highest BCUT2D eigenvalue weighted by molar-refractivity contribution is 5.74. The van der Waals surface area contributed by atoms with E-state index in [9.17, 15) is 4.79 Å². The monoisotopic (exact) mass is 275 g/mol. The summed E-state index contributed by atoms with van der Waals surface area (Å²) in [7, 11) is 1.58. The lowest BCUT2D eigenvalue weighted by Gasteiger charge is -2.26. The Morgan fingerprint density at radius 2 is 2.10 bits per heavy atom. The van der Waals surface area contributed by atoms with Crippen LogP contribution in [0.1, 0.15) is 31.7 Å². The number of aliphatic carboxylic acids is 1. The summed E-state index contributed by atoms with van der Waals surface area (Å²) in [5, 5.41) is 14.5. The van der Waals surface area contributed by atoms with Gasteiger partial charge in [-0.1, -0.05) is 0 Å². The number of carboxylic acid groups (broad SMARTS) is 1. The number of hydrogen-bond acceptors (Lipinski definition) is 4. The van der Waals surface area contributed by atoms with Crippen molar-refractivity contribution in [2.75, 3.05) is 7.11 Å². The van der Waals surface area contributed by atoms with Crippen LogP contribution in [-0.4, -0.2) is 33.0 Å². The average Bonchev–Trinajstić information content (AvgIpc) is 2.90. The normalized spacial score (nSPS) is 22.9. The van der Waals surface area contributed by atoms with Crippen LogP contribution in [-0.2, 0) is 4.79 Å². The zero-order chi connectivity index (χ0) is 14.1. The van der Waals surface area contributed by atoms with Gasteiger partial charge in [0.1, 0.15) is 0 Å². The summed E-state index contributed by atoms with van der Waals surface area (Å²) in [5.74, 6) is -0.327. The van der Waals surface area contributed by atoms with Gasteiger partial charge in [-0.25, -0.2) is 0 Å². The molecular formula is C14H17N3O3. The van der Waals surface area contributed by atoms with Crippen molar-refractivity contribution < 1.29 is 14.6 Å². The lowest BCUT2D eigenvalue weighted by molar-refractivity contribution is -0.143. The molecule has 2 heterocycles. The quantitative estimate of drug-likeness (QED) is 0.929. The predicted octanol–water partition coefficient (Wildman–Crippen LogP) is 2.26. The van der Waals surface area contributed by atoms with E-state index in [1.807, 2.05) is 23.0 Å². The van der Waals surface area contributed by atoms with Crippen molar-refractivity contribution in [1.29, 1.82) is 0 Å². The number of rotatable bonds is 3. The third-order valence-electron chi connectivity index (χ3n) is 3.99.